The molecule has 2 heterocycles. The van der Waals surface area contributed by atoms with E-state index < -0.39 is 5.91 Å². The number of primary amides is 1. The van der Waals surface area contributed by atoms with Gasteiger partial charge in [0.1, 0.15) is 5.69 Å². The zero-order valence-corrected chi connectivity index (χ0v) is 16.4. The van der Waals surface area contributed by atoms with Gasteiger partial charge in [-0.2, -0.15) is 5.10 Å². The third-order valence-electron chi connectivity index (χ3n) is 4.79. The van der Waals surface area contributed by atoms with Crippen molar-refractivity contribution in [1.82, 2.24) is 25.2 Å². The first-order valence-electron chi connectivity index (χ1n) is 9.49. The van der Waals surface area contributed by atoms with E-state index in [1.807, 2.05) is 66.0 Å². The number of hydrogen-bond acceptors (Lipinski definition) is 5. The number of benzene rings is 2. The molecule has 0 aliphatic heterocycles. The predicted molar refractivity (Wildman–Crippen MR) is 112 cm³/mol. The van der Waals surface area contributed by atoms with Crippen LogP contribution in [0.15, 0.2) is 54.7 Å². The number of amides is 1. The molecule has 3 N–H and O–H groups in total. The molecule has 2 aromatic heterocycles. The molecule has 0 unspecified atom stereocenters. The molecule has 0 radical (unpaired) electrons. The van der Waals surface area contributed by atoms with Crippen LogP contribution in [0.5, 0.6) is 0 Å². The third kappa shape index (κ3) is 3.96. The Morgan fingerprint density at radius 3 is 2.72 bits per heavy atom. The lowest BCUT2D eigenvalue weighted by Gasteiger charge is -2.25. The first-order valence-corrected chi connectivity index (χ1v) is 9.49. The lowest BCUT2D eigenvalue weighted by molar-refractivity contribution is -0.116. The number of nitrogens with two attached hydrogens (primary N) is 1. The number of hydrogen-bond donors (Lipinski definition) is 2. The van der Waals surface area contributed by atoms with Crippen molar-refractivity contribution < 1.29 is 4.79 Å². The summed E-state index contributed by atoms with van der Waals surface area (Å²) in [7, 11) is 0. The molecule has 1 amide bonds. The molecule has 4 aromatic rings. The van der Waals surface area contributed by atoms with Gasteiger partial charge in [0.25, 0.3) is 0 Å². The van der Waals surface area contributed by atoms with Gasteiger partial charge in [0.15, 0.2) is 5.82 Å². The fourth-order valence-electron chi connectivity index (χ4n) is 3.33. The molecule has 0 spiro atoms. The van der Waals surface area contributed by atoms with Crippen molar-refractivity contribution in [3.8, 4) is 11.3 Å². The SMILES string of the molecule is CC(C)N(CC(N)=O)c1n[nH]c2ccc(-c3cn(Cc4ccccc4)nn3)cc12. The van der Waals surface area contributed by atoms with Gasteiger partial charge in [0, 0.05) is 17.0 Å². The summed E-state index contributed by atoms with van der Waals surface area (Å²) >= 11 is 0. The van der Waals surface area contributed by atoms with Crippen LogP contribution >= 0.6 is 0 Å². The Morgan fingerprint density at radius 2 is 2.00 bits per heavy atom. The highest BCUT2D eigenvalue weighted by Gasteiger charge is 2.19. The number of H-pyrrole nitrogens is 1. The number of carbonyl (C=O) groups excluding carboxylic acids is 1. The van der Waals surface area contributed by atoms with E-state index in [0.717, 1.165) is 27.7 Å². The summed E-state index contributed by atoms with van der Waals surface area (Å²) in [6.45, 7) is 4.77. The number of nitrogens with one attached hydrogen (secondary N) is 1. The summed E-state index contributed by atoms with van der Waals surface area (Å²) in [5.74, 6) is 0.308. The molecule has 0 aliphatic carbocycles. The average molecular weight is 389 g/mol. The van der Waals surface area contributed by atoms with E-state index in [9.17, 15) is 4.79 Å². The van der Waals surface area contributed by atoms with Crippen LogP contribution in [0.2, 0.25) is 0 Å². The summed E-state index contributed by atoms with van der Waals surface area (Å²) in [5.41, 5.74) is 9.19. The molecule has 8 heteroatoms. The fourth-order valence-corrected chi connectivity index (χ4v) is 3.33. The predicted octanol–water partition coefficient (Wildman–Crippen LogP) is 2.57. The van der Waals surface area contributed by atoms with Crippen LogP contribution < -0.4 is 10.6 Å². The third-order valence-corrected chi connectivity index (χ3v) is 4.79. The number of rotatable bonds is 7. The lowest BCUT2D eigenvalue weighted by atomic mass is 10.1. The Bertz CT molecular complexity index is 1130. The van der Waals surface area contributed by atoms with Crippen LogP contribution in [0.4, 0.5) is 5.82 Å². The van der Waals surface area contributed by atoms with Crippen molar-refractivity contribution in [3.05, 3.63) is 60.3 Å². The molecule has 0 fully saturated rings. The van der Waals surface area contributed by atoms with Crippen molar-refractivity contribution in [2.24, 2.45) is 5.73 Å². The van der Waals surface area contributed by atoms with Gasteiger partial charge in [-0.05, 0) is 31.5 Å². The number of aromatic nitrogens is 5. The van der Waals surface area contributed by atoms with Crippen molar-refractivity contribution in [1.29, 1.82) is 0 Å². The van der Waals surface area contributed by atoms with Crippen LogP contribution in [0, 0.1) is 0 Å². The van der Waals surface area contributed by atoms with Gasteiger partial charge in [-0.15, -0.1) is 5.10 Å². The average Bonchev–Trinajstić information content (AvgIpc) is 3.33. The Morgan fingerprint density at radius 1 is 1.21 bits per heavy atom. The van der Waals surface area contributed by atoms with E-state index in [2.05, 4.69) is 32.6 Å². The first kappa shape index (κ1) is 18.7. The molecule has 2 aromatic carbocycles. The number of fused-ring (bicyclic) bond motifs is 1. The van der Waals surface area contributed by atoms with Gasteiger partial charge < -0.3 is 10.6 Å². The molecule has 8 nitrogen and oxygen atoms in total. The molecular weight excluding hydrogens is 366 g/mol. The second kappa shape index (κ2) is 7.75. The highest BCUT2D eigenvalue weighted by atomic mass is 16.1. The summed E-state index contributed by atoms with van der Waals surface area (Å²) < 4.78 is 1.82. The lowest BCUT2D eigenvalue weighted by Crippen LogP contribution is -2.38. The number of aromatic amines is 1. The minimum Gasteiger partial charge on any atom is -0.368 e. The van der Waals surface area contributed by atoms with Crippen LogP contribution in [-0.2, 0) is 11.3 Å². The minimum absolute atomic E-state index is 0.0735. The maximum Gasteiger partial charge on any atom is 0.237 e. The standard InChI is InChI=1S/C21H23N7O/c1-14(2)28(13-20(22)29)21-17-10-16(8-9-18(17)23-25-21)19-12-27(26-24-19)11-15-6-4-3-5-7-15/h3-10,12,14H,11,13H2,1-2H3,(H2,22,29)(H,23,25). The molecule has 0 saturated carbocycles. The number of nitrogens with zero attached hydrogens (tertiary/aromatic N) is 5. The first-order chi connectivity index (χ1) is 14.0. The van der Waals surface area contributed by atoms with Crippen molar-refractivity contribution in [2.45, 2.75) is 26.4 Å². The van der Waals surface area contributed by atoms with Gasteiger partial charge >= 0.3 is 0 Å². The van der Waals surface area contributed by atoms with E-state index in [1.165, 1.54) is 0 Å². The highest BCUT2D eigenvalue weighted by Crippen LogP contribution is 2.29. The molecule has 0 bridgehead atoms. The zero-order valence-electron chi connectivity index (χ0n) is 16.4. The van der Waals surface area contributed by atoms with Crippen LogP contribution in [0.3, 0.4) is 0 Å². The molecule has 0 saturated heterocycles. The topological polar surface area (TPSA) is 106 Å². The summed E-state index contributed by atoms with van der Waals surface area (Å²) in [6.07, 6.45) is 1.93. The second-order valence-electron chi connectivity index (χ2n) is 7.28. The number of carbonyl (C=O) groups is 1. The molecule has 0 aliphatic rings. The smallest absolute Gasteiger partial charge is 0.237 e. The van der Waals surface area contributed by atoms with Crippen LogP contribution in [0.1, 0.15) is 19.4 Å². The van der Waals surface area contributed by atoms with E-state index in [1.54, 1.807) is 0 Å². The Kier molecular flexibility index (Phi) is 4.99. The summed E-state index contributed by atoms with van der Waals surface area (Å²) in [5, 5.41) is 16.9. The van der Waals surface area contributed by atoms with Gasteiger partial charge in [-0.3, -0.25) is 9.89 Å². The van der Waals surface area contributed by atoms with Crippen molar-refractivity contribution in [3.63, 3.8) is 0 Å². The summed E-state index contributed by atoms with van der Waals surface area (Å²) in [4.78, 5) is 13.4. The quantitative estimate of drug-likeness (QED) is 0.505. The van der Waals surface area contributed by atoms with Crippen molar-refractivity contribution in [2.75, 3.05) is 11.4 Å². The van der Waals surface area contributed by atoms with Gasteiger partial charge in [-0.1, -0.05) is 41.6 Å². The number of anilines is 1. The van der Waals surface area contributed by atoms with Crippen molar-refractivity contribution >= 4 is 22.6 Å². The van der Waals surface area contributed by atoms with E-state index in [0.29, 0.717) is 12.4 Å². The largest absolute Gasteiger partial charge is 0.368 e. The van der Waals surface area contributed by atoms with E-state index >= 15 is 0 Å². The Hall–Kier alpha value is -3.68. The van der Waals surface area contributed by atoms with Crippen LogP contribution in [0.25, 0.3) is 22.2 Å². The Labute approximate surface area is 168 Å². The minimum atomic E-state index is -0.394. The molecular formula is C21H23N7O. The Balaban J connectivity index is 1.66. The molecule has 148 valence electrons. The molecule has 29 heavy (non-hydrogen) atoms. The molecule has 0 atom stereocenters. The second-order valence-corrected chi connectivity index (χ2v) is 7.28. The maximum atomic E-state index is 11.5. The highest BCUT2D eigenvalue weighted by molar-refractivity contribution is 5.94. The molecule has 4 rings (SSSR count). The van der Waals surface area contributed by atoms with Gasteiger partial charge in [0.05, 0.1) is 24.8 Å². The normalized spacial score (nSPS) is 11.3. The van der Waals surface area contributed by atoms with E-state index in [-0.39, 0.29) is 12.6 Å². The fraction of sp³-hybridized carbons (Fsp3) is 0.238. The maximum absolute atomic E-state index is 11.5. The monoisotopic (exact) mass is 389 g/mol. The van der Waals surface area contributed by atoms with E-state index in [4.69, 9.17) is 5.73 Å². The van der Waals surface area contributed by atoms with Gasteiger partial charge in [-0.25, -0.2) is 4.68 Å². The summed E-state index contributed by atoms with van der Waals surface area (Å²) in [6, 6.07) is 16.2. The van der Waals surface area contributed by atoms with Crippen LogP contribution in [-0.4, -0.2) is 43.7 Å². The zero-order chi connectivity index (χ0) is 20.4. The van der Waals surface area contributed by atoms with Gasteiger partial charge in [0.2, 0.25) is 5.91 Å².